The van der Waals surface area contributed by atoms with Crippen molar-refractivity contribution < 1.29 is 18.3 Å². The van der Waals surface area contributed by atoms with E-state index in [1.807, 2.05) is 0 Å². The summed E-state index contributed by atoms with van der Waals surface area (Å²) in [5.74, 6) is -1.10. The van der Waals surface area contributed by atoms with Crippen LogP contribution in [0.4, 0.5) is 8.78 Å². The van der Waals surface area contributed by atoms with E-state index in [9.17, 15) is 13.6 Å². The fraction of sp³-hybridized carbons (Fsp3) is 0.222. The van der Waals surface area contributed by atoms with Gasteiger partial charge in [0.25, 0.3) is 0 Å². The lowest BCUT2D eigenvalue weighted by molar-refractivity contribution is -0.193. The van der Waals surface area contributed by atoms with E-state index < -0.39 is 11.9 Å². The van der Waals surface area contributed by atoms with Gasteiger partial charge in [-0.3, -0.25) is 4.79 Å². The number of halogens is 2. The van der Waals surface area contributed by atoms with Crippen LogP contribution in [-0.4, -0.2) is 11.9 Å². The summed E-state index contributed by atoms with van der Waals surface area (Å²) in [5.41, 5.74) is 0.512. The molecule has 0 N–H and O–H groups in total. The largest absolute Gasteiger partial charge is 0.461 e. The van der Waals surface area contributed by atoms with Gasteiger partial charge in [0, 0.05) is 12.0 Å². The Kier molecular flexibility index (Phi) is 1.58. The van der Waals surface area contributed by atoms with Gasteiger partial charge in [-0.15, -0.1) is 0 Å². The van der Waals surface area contributed by atoms with Crippen molar-refractivity contribution in [3.63, 3.8) is 0 Å². The Morgan fingerprint density at radius 3 is 2.77 bits per heavy atom. The highest BCUT2D eigenvalue weighted by atomic mass is 19.3. The number of ketones is 1. The molecule has 0 saturated carbocycles. The van der Waals surface area contributed by atoms with Crippen molar-refractivity contribution in [2.24, 2.45) is 0 Å². The van der Waals surface area contributed by atoms with Gasteiger partial charge in [-0.2, -0.15) is 8.78 Å². The van der Waals surface area contributed by atoms with Gasteiger partial charge in [0.2, 0.25) is 5.78 Å². The predicted octanol–water partition coefficient (Wildman–Crippen LogP) is 1.78. The highest BCUT2D eigenvalue weighted by Gasteiger charge is 2.45. The molecule has 13 heavy (non-hydrogen) atoms. The summed E-state index contributed by atoms with van der Waals surface area (Å²) in [6.45, 7) is 0. The summed E-state index contributed by atoms with van der Waals surface area (Å²) >= 11 is 0. The van der Waals surface area contributed by atoms with Crippen LogP contribution in [0.1, 0.15) is 5.56 Å². The Morgan fingerprint density at radius 2 is 2.00 bits per heavy atom. The van der Waals surface area contributed by atoms with Crippen LogP contribution in [0.5, 0.6) is 5.75 Å². The maximum Gasteiger partial charge on any atom is 0.461 e. The second-order valence-corrected chi connectivity index (χ2v) is 2.83. The van der Waals surface area contributed by atoms with E-state index in [1.165, 1.54) is 6.07 Å². The monoisotopic (exact) mass is 184 g/mol. The number of Topliss-reactive ketones (excluding diaryl/α,β-unsaturated/α-hetero) is 1. The van der Waals surface area contributed by atoms with Crippen LogP contribution < -0.4 is 4.74 Å². The smallest absolute Gasteiger partial charge is 0.426 e. The van der Waals surface area contributed by atoms with E-state index in [4.69, 9.17) is 0 Å². The molecule has 0 aromatic heterocycles. The number of alkyl halides is 2. The molecular weight excluding hydrogens is 178 g/mol. The molecule has 2 nitrogen and oxygen atoms in total. The van der Waals surface area contributed by atoms with Gasteiger partial charge in [0.15, 0.2) is 0 Å². The summed E-state index contributed by atoms with van der Waals surface area (Å²) < 4.78 is 29.7. The minimum Gasteiger partial charge on any atom is -0.426 e. The number of carbonyl (C=O) groups excluding carboxylic acids is 1. The number of carbonyl (C=O) groups is 1. The Morgan fingerprint density at radius 1 is 1.31 bits per heavy atom. The van der Waals surface area contributed by atoms with E-state index >= 15 is 0 Å². The Bertz CT molecular complexity index is 360. The van der Waals surface area contributed by atoms with Crippen LogP contribution in [0.2, 0.25) is 0 Å². The molecule has 0 saturated heterocycles. The molecule has 0 bridgehead atoms. The van der Waals surface area contributed by atoms with Crippen molar-refractivity contribution in [2.75, 3.05) is 0 Å². The maximum absolute atomic E-state index is 12.7. The van der Waals surface area contributed by atoms with Gasteiger partial charge in [-0.05, 0) is 6.07 Å². The van der Waals surface area contributed by atoms with Gasteiger partial charge < -0.3 is 4.74 Å². The molecule has 0 unspecified atom stereocenters. The van der Waals surface area contributed by atoms with E-state index in [0.717, 1.165) is 0 Å². The predicted molar refractivity (Wildman–Crippen MR) is 40.7 cm³/mol. The lowest BCUT2D eigenvalue weighted by Gasteiger charge is -2.23. The third-order valence-electron chi connectivity index (χ3n) is 1.89. The normalized spacial score (nSPS) is 19.1. The van der Waals surface area contributed by atoms with Crippen molar-refractivity contribution >= 4 is 5.78 Å². The fourth-order valence-electron chi connectivity index (χ4n) is 1.22. The number of para-hydroxylation sites is 1. The lowest BCUT2D eigenvalue weighted by Crippen LogP contribution is -2.39. The summed E-state index contributed by atoms with van der Waals surface area (Å²) in [5, 5.41) is 0. The zero-order chi connectivity index (χ0) is 9.47. The minimum atomic E-state index is -3.66. The highest BCUT2D eigenvalue weighted by Crippen LogP contribution is 2.32. The second-order valence-electron chi connectivity index (χ2n) is 2.83. The van der Waals surface area contributed by atoms with Crippen LogP contribution in [0.3, 0.4) is 0 Å². The minimum absolute atomic E-state index is 0.0899. The van der Waals surface area contributed by atoms with Crippen molar-refractivity contribution in [3.05, 3.63) is 29.8 Å². The first-order valence-electron chi connectivity index (χ1n) is 3.77. The summed E-state index contributed by atoms with van der Waals surface area (Å²) in [6.07, 6.45) is -3.92. The van der Waals surface area contributed by atoms with E-state index in [0.29, 0.717) is 5.56 Å². The first-order chi connectivity index (χ1) is 6.09. The number of rotatable bonds is 0. The van der Waals surface area contributed by atoms with Gasteiger partial charge in [-0.1, -0.05) is 18.2 Å². The highest BCUT2D eigenvalue weighted by molar-refractivity contribution is 5.88. The standard InChI is InChI=1S/C9H6F2O2/c10-9(11)8(12)5-6-3-1-2-4-7(6)13-9/h1-4H,5H2. The second kappa shape index (κ2) is 2.52. The van der Waals surface area contributed by atoms with Crippen molar-refractivity contribution in [3.8, 4) is 5.75 Å². The number of benzene rings is 1. The average Bonchev–Trinajstić information content (AvgIpc) is 2.06. The number of fused-ring (bicyclic) bond motifs is 1. The molecule has 0 amide bonds. The fourth-order valence-corrected chi connectivity index (χ4v) is 1.22. The Hall–Kier alpha value is -1.45. The van der Waals surface area contributed by atoms with Crippen LogP contribution in [0.15, 0.2) is 24.3 Å². The number of hydrogen-bond donors (Lipinski definition) is 0. The topological polar surface area (TPSA) is 26.3 Å². The van der Waals surface area contributed by atoms with Crippen LogP contribution >= 0.6 is 0 Å². The summed E-state index contributed by atoms with van der Waals surface area (Å²) in [4.78, 5) is 10.8. The molecule has 0 radical (unpaired) electrons. The third kappa shape index (κ3) is 1.28. The van der Waals surface area contributed by atoms with Gasteiger partial charge in [-0.25, -0.2) is 0 Å². The third-order valence-corrected chi connectivity index (χ3v) is 1.89. The van der Waals surface area contributed by atoms with Crippen molar-refractivity contribution in [2.45, 2.75) is 12.5 Å². The zero-order valence-electron chi connectivity index (χ0n) is 6.59. The molecule has 0 spiro atoms. The SMILES string of the molecule is O=C1Cc2ccccc2OC1(F)F. The molecule has 1 aromatic rings. The Labute approximate surface area is 73.1 Å². The zero-order valence-corrected chi connectivity index (χ0v) is 6.59. The Balaban J connectivity index is 2.44. The molecule has 0 fully saturated rings. The summed E-state index contributed by atoms with van der Waals surface area (Å²) in [6, 6.07) is 6.29. The molecule has 4 heteroatoms. The first-order valence-corrected chi connectivity index (χ1v) is 3.77. The molecule has 1 aliphatic heterocycles. The van der Waals surface area contributed by atoms with E-state index in [1.54, 1.807) is 18.2 Å². The summed E-state index contributed by atoms with van der Waals surface area (Å²) in [7, 11) is 0. The van der Waals surface area contributed by atoms with E-state index in [-0.39, 0.29) is 12.2 Å². The van der Waals surface area contributed by atoms with E-state index in [2.05, 4.69) is 4.74 Å². The first kappa shape index (κ1) is 8.16. The molecule has 1 aliphatic rings. The average molecular weight is 184 g/mol. The van der Waals surface area contributed by atoms with Gasteiger partial charge in [0.05, 0.1) is 0 Å². The molecule has 1 heterocycles. The molecule has 1 aromatic carbocycles. The van der Waals surface area contributed by atoms with Crippen LogP contribution in [0.25, 0.3) is 0 Å². The number of hydrogen-bond acceptors (Lipinski definition) is 2. The van der Waals surface area contributed by atoms with Crippen LogP contribution in [0, 0.1) is 0 Å². The maximum atomic E-state index is 12.7. The van der Waals surface area contributed by atoms with Crippen LogP contribution in [-0.2, 0) is 11.2 Å². The molecule has 0 atom stereocenters. The van der Waals surface area contributed by atoms with Gasteiger partial charge in [0.1, 0.15) is 5.75 Å². The van der Waals surface area contributed by atoms with Crippen molar-refractivity contribution in [1.82, 2.24) is 0 Å². The molecule has 2 rings (SSSR count). The lowest BCUT2D eigenvalue weighted by atomic mass is 10.0. The number of ether oxygens (including phenoxy) is 1. The molecule has 68 valence electrons. The molecule has 0 aliphatic carbocycles. The quantitative estimate of drug-likeness (QED) is 0.614. The van der Waals surface area contributed by atoms with Gasteiger partial charge >= 0.3 is 6.11 Å². The van der Waals surface area contributed by atoms with Crippen molar-refractivity contribution in [1.29, 1.82) is 0 Å². The molecular formula is C9H6F2O2.